The smallest absolute Gasteiger partial charge is 0.387 e. The van der Waals surface area contributed by atoms with Gasteiger partial charge in [0.15, 0.2) is 11.5 Å². The number of carbonyl (C=O) groups is 2. The van der Waals surface area contributed by atoms with Crippen LogP contribution in [0.5, 0.6) is 11.5 Å². The van der Waals surface area contributed by atoms with E-state index in [1.54, 1.807) is 4.90 Å². The van der Waals surface area contributed by atoms with Gasteiger partial charge in [0, 0.05) is 38.7 Å². The monoisotopic (exact) mass is 415 g/mol. The molecule has 0 atom stereocenters. The Morgan fingerprint density at radius 3 is 2.21 bits per heavy atom. The molecule has 0 aliphatic carbocycles. The van der Waals surface area contributed by atoms with Crippen molar-refractivity contribution in [1.82, 2.24) is 9.80 Å². The van der Waals surface area contributed by atoms with Gasteiger partial charge >= 0.3 is 6.61 Å². The molecule has 0 aromatic heterocycles. The third-order valence-electron chi connectivity index (χ3n) is 4.43. The second-order valence-corrected chi connectivity index (χ2v) is 6.93. The van der Waals surface area contributed by atoms with Crippen LogP contribution in [0.4, 0.5) is 14.5 Å². The molecule has 1 heterocycles. The summed E-state index contributed by atoms with van der Waals surface area (Å²) < 4.78 is 34.3. The Bertz CT molecular complexity index is 779. The minimum Gasteiger partial charge on any atom is -0.493 e. The number of carbonyl (C=O) groups excluding carboxylic acids is 2. The summed E-state index contributed by atoms with van der Waals surface area (Å²) in [7, 11) is 1.17. The second kappa shape index (κ2) is 9.48. The highest BCUT2D eigenvalue weighted by Crippen LogP contribution is 2.36. The van der Waals surface area contributed by atoms with Crippen molar-refractivity contribution in [3.05, 3.63) is 27.8 Å². The average Bonchev–Trinajstić information content (AvgIpc) is 2.66. The van der Waals surface area contributed by atoms with Crippen molar-refractivity contribution in [3.63, 3.8) is 0 Å². The van der Waals surface area contributed by atoms with E-state index >= 15 is 0 Å². The molecule has 2 amide bonds. The molecule has 29 heavy (non-hydrogen) atoms. The number of methoxy groups -OCH3 is 1. The molecule has 2 rings (SSSR count). The molecule has 1 aromatic carbocycles. The molecule has 1 fully saturated rings. The number of halogens is 2. The molecule has 160 valence electrons. The minimum atomic E-state index is -3.21. The first-order valence-corrected chi connectivity index (χ1v) is 9.02. The summed E-state index contributed by atoms with van der Waals surface area (Å²) in [5, 5.41) is 11.4. The lowest BCUT2D eigenvalue weighted by atomic mass is 10.1. The van der Waals surface area contributed by atoms with Crippen LogP contribution in [-0.2, 0) is 4.79 Å². The molecule has 0 bridgehead atoms. The summed E-state index contributed by atoms with van der Waals surface area (Å²) >= 11 is 0. The Balaban J connectivity index is 2.22. The van der Waals surface area contributed by atoms with E-state index in [2.05, 4.69) is 4.74 Å². The van der Waals surface area contributed by atoms with Gasteiger partial charge in [-0.2, -0.15) is 8.78 Å². The quantitative estimate of drug-likeness (QED) is 0.501. The van der Waals surface area contributed by atoms with Crippen molar-refractivity contribution in [2.75, 3.05) is 33.3 Å². The molecular formula is C18H23F2N3O6. The maximum Gasteiger partial charge on any atom is 0.387 e. The standard InChI is InChI=1S/C18H23F2N3O6/c1-11(2)8-16(24)21-4-6-22(7-5-21)17(25)12-9-14(28-3)15(29-18(19)20)10-13(12)23(26)27/h9-11,18H,4-8H2,1-3H3. The molecule has 11 heteroatoms. The number of nitro groups is 1. The summed E-state index contributed by atoms with van der Waals surface area (Å²) in [5.74, 6) is -1.19. The number of benzene rings is 1. The summed E-state index contributed by atoms with van der Waals surface area (Å²) in [6.07, 6.45) is 0.405. The minimum absolute atomic E-state index is 0.00625. The molecule has 0 radical (unpaired) electrons. The van der Waals surface area contributed by atoms with Crippen LogP contribution in [0, 0.1) is 16.0 Å². The Kier molecular flexibility index (Phi) is 7.29. The first kappa shape index (κ1) is 22.3. The van der Waals surface area contributed by atoms with Crippen LogP contribution in [0.3, 0.4) is 0 Å². The van der Waals surface area contributed by atoms with Gasteiger partial charge in [-0.15, -0.1) is 0 Å². The number of rotatable bonds is 7. The van der Waals surface area contributed by atoms with Crippen molar-refractivity contribution >= 4 is 17.5 Å². The lowest BCUT2D eigenvalue weighted by Gasteiger charge is -2.35. The van der Waals surface area contributed by atoms with Gasteiger partial charge < -0.3 is 19.3 Å². The Hall–Kier alpha value is -2.98. The van der Waals surface area contributed by atoms with Crippen molar-refractivity contribution in [3.8, 4) is 11.5 Å². The number of nitro benzene ring substituents is 1. The van der Waals surface area contributed by atoms with Gasteiger partial charge in [-0.05, 0) is 5.92 Å². The molecule has 0 saturated carbocycles. The van der Waals surface area contributed by atoms with Gasteiger partial charge in [-0.25, -0.2) is 0 Å². The highest BCUT2D eigenvalue weighted by Gasteiger charge is 2.31. The number of nitrogens with zero attached hydrogens (tertiary/aromatic N) is 3. The average molecular weight is 415 g/mol. The predicted molar refractivity (Wildman–Crippen MR) is 98.2 cm³/mol. The molecule has 0 unspecified atom stereocenters. The highest BCUT2D eigenvalue weighted by molar-refractivity contribution is 5.99. The number of piperazine rings is 1. The summed E-state index contributed by atoms with van der Waals surface area (Å²) in [5.41, 5.74) is -0.958. The highest BCUT2D eigenvalue weighted by atomic mass is 19.3. The number of ether oxygens (including phenoxy) is 2. The SMILES string of the molecule is COc1cc(C(=O)N2CCN(C(=O)CC(C)C)CC2)c([N+](=O)[O-])cc1OC(F)F. The van der Waals surface area contributed by atoms with Crippen LogP contribution < -0.4 is 9.47 Å². The molecule has 1 aromatic rings. The van der Waals surface area contributed by atoms with Gasteiger partial charge in [0.05, 0.1) is 18.1 Å². The zero-order valence-corrected chi connectivity index (χ0v) is 16.4. The van der Waals surface area contributed by atoms with Crippen LogP contribution in [0.2, 0.25) is 0 Å². The summed E-state index contributed by atoms with van der Waals surface area (Å²) in [6, 6.07) is 1.77. The first-order chi connectivity index (χ1) is 13.6. The van der Waals surface area contributed by atoms with Crippen LogP contribution in [-0.4, -0.2) is 66.4 Å². The van der Waals surface area contributed by atoms with Crippen molar-refractivity contribution in [2.45, 2.75) is 26.9 Å². The van der Waals surface area contributed by atoms with Crippen LogP contribution in [0.1, 0.15) is 30.6 Å². The fourth-order valence-electron chi connectivity index (χ4n) is 3.03. The zero-order chi connectivity index (χ0) is 21.7. The van der Waals surface area contributed by atoms with Gasteiger partial charge in [0.2, 0.25) is 5.91 Å². The molecule has 0 spiro atoms. The topological polar surface area (TPSA) is 102 Å². The predicted octanol–water partition coefficient (Wildman–Crippen LogP) is 2.54. The largest absolute Gasteiger partial charge is 0.493 e. The maximum atomic E-state index is 12.9. The van der Waals surface area contributed by atoms with Crippen molar-refractivity contribution in [1.29, 1.82) is 0 Å². The van der Waals surface area contributed by atoms with E-state index in [0.717, 1.165) is 12.1 Å². The molecule has 1 saturated heterocycles. The molecule has 1 aliphatic rings. The normalized spacial score (nSPS) is 14.3. The zero-order valence-electron chi connectivity index (χ0n) is 16.4. The van der Waals surface area contributed by atoms with Gasteiger partial charge in [0.25, 0.3) is 11.6 Å². The van der Waals surface area contributed by atoms with Gasteiger partial charge in [-0.1, -0.05) is 13.8 Å². The fourth-order valence-corrected chi connectivity index (χ4v) is 3.03. The fraction of sp³-hybridized carbons (Fsp3) is 0.556. The van der Waals surface area contributed by atoms with E-state index in [4.69, 9.17) is 4.74 Å². The molecule has 1 aliphatic heterocycles. The first-order valence-electron chi connectivity index (χ1n) is 9.02. The third kappa shape index (κ3) is 5.52. The van der Waals surface area contributed by atoms with E-state index < -0.39 is 28.9 Å². The molecule has 0 N–H and O–H groups in total. The lowest BCUT2D eigenvalue weighted by molar-refractivity contribution is -0.385. The van der Waals surface area contributed by atoms with Crippen LogP contribution in [0.25, 0.3) is 0 Å². The maximum absolute atomic E-state index is 12.9. The number of hydrogen-bond acceptors (Lipinski definition) is 6. The lowest BCUT2D eigenvalue weighted by Crippen LogP contribution is -2.50. The summed E-state index contributed by atoms with van der Waals surface area (Å²) in [6.45, 7) is 1.71. The third-order valence-corrected chi connectivity index (χ3v) is 4.43. The van der Waals surface area contributed by atoms with Gasteiger partial charge in [-0.3, -0.25) is 19.7 Å². The second-order valence-electron chi connectivity index (χ2n) is 6.93. The number of hydrogen-bond donors (Lipinski definition) is 0. The van der Waals surface area contributed by atoms with E-state index in [0.29, 0.717) is 19.5 Å². The Morgan fingerprint density at radius 1 is 1.14 bits per heavy atom. The van der Waals surface area contributed by atoms with Crippen LogP contribution in [0.15, 0.2) is 12.1 Å². The summed E-state index contributed by atoms with van der Waals surface area (Å²) in [4.78, 5) is 38.6. The Labute approximate surface area is 166 Å². The van der Waals surface area contributed by atoms with E-state index in [-0.39, 0.29) is 36.2 Å². The van der Waals surface area contributed by atoms with Gasteiger partial charge in [0.1, 0.15) is 5.56 Å². The Morgan fingerprint density at radius 2 is 1.72 bits per heavy atom. The van der Waals surface area contributed by atoms with Crippen LogP contribution >= 0.6 is 0 Å². The number of alkyl halides is 2. The molecular weight excluding hydrogens is 392 g/mol. The van der Waals surface area contributed by atoms with Crippen molar-refractivity contribution in [2.24, 2.45) is 5.92 Å². The molecule has 9 nitrogen and oxygen atoms in total. The van der Waals surface area contributed by atoms with Crippen molar-refractivity contribution < 1.29 is 32.8 Å². The van der Waals surface area contributed by atoms with E-state index in [1.807, 2.05) is 13.8 Å². The van der Waals surface area contributed by atoms with E-state index in [1.165, 1.54) is 12.0 Å². The van der Waals surface area contributed by atoms with E-state index in [9.17, 15) is 28.5 Å². The number of amides is 2.